The molecule has 0 radical (unpaired) electrons. The van der Waals surface area contributed by atoms with Crippen molar-refractivity contribution in [3.8, 4) is 22.6 Å². The predicted molar refractivity (Wildman–Crippen MR) is 119 cm³/mol. The molecule has 1 amide bonds. The molecule has 0 spiro atoms. The second-order valence-electron chi connectivity index (χ2n) is 7.98. The first-order chi connectivity index (χ1) is 15.0. The number of hydrogen-bond donors (Lipinski definition) is 0. The van der Waals surface area contributed by atoms with Gasteiger partial charge in [0.25, 0.3) is 5.91 Å². The fraction of sp³-hybridized carbons (Fsp3) is 0.320. The standard InChI is InChI=1S/C25H28N2O4/c1-26(15-18-11-13-30-17-18)16-20-14-19(21-6-4-5-7-23(21)29-3)8-9-22(20)31-24-10-12-27(2)25(24)28/h4-9,11,13-14,17,24H,10,12,15-16H2,1-3H3. The van der Waals surface area contributed by atoms with Crippen molar-refractivity contribution >= 4 is 5.91 Å². The Bertz CT molecular complexity index is 1030. The van der Waals surface area contributed by atoms with Gasteiger partial charge in [0, 0.05) is 49.8 Å². The lowest BCUT2D eigenvalue weighted by molar-refractivity contribution is -0.132. The third-order valence-electron chi connectivity index (χ3n) is 5.60. The zero-order chi connectivity index (χ0) is 21.8. The van der Waals surface area contributed by atoms with Crippen LogP contribution in [0.1, 0.15) is 17.5 Å². The van der Waals surface area contributed by atoms with Gasteiger partial charge in [0.1, 0.15) is 11.5 Å². The van der Waals surface area contributed by atoms with E-state index in [0.29, 0.717) is 13.0 Å². The number of carbonyl (C=O) groups is 1. The van der Waals surface area contributed by atoms with Crippen LogP contribution in [0.15, 0.2) is 65.5 Å². The van der Waals surface area contributed by atoms with E-state index in [0.717, 1.165) is 46.8 Å². The molecule has 1 saturated heterocycles. The van der Waals surface area contributed by atoms with Crippen LogP contribution in [-0.2, 0) is 17.9 Å². The fourth-order valence-corrected chi connectivity index (χ4v) is 3.96. The van der Waals surface area contributed by atoms with Crippen LogP contribution < -0.4 is 9.47 Å². The summed E-state index contributed by atoms with van der Waals surface area (Å²) in [5.74, 6) is 1.60. The van der Waals surface area contributed by atoms with Crippen molar-refractivity contribution in [2.75, 3.05) is 27.7 Å². The number of benzene rings is 2. The number of para-hydroxylation sites is 1. The van der Waals surface area contributed by atoms with Crippen LogP contribution in [0.2, 0.25) is 0 Å². The summed E-state index contributed by atoms with van der Waals surface area (Å²) in [5.41, 5.74) is 4.20. The van der Waals surface area contributed by atoms with Gasteiger partial charge in [-0.05, 0) is 36.9 Å². The molecule has 1 atom stereocenters. The molecule has 0 aliphatic carbocycles. The molecule has 3 aromatic rings. The summed E-state index contributed by atoms with van der Waals surface area (Å²) in [6.45, 7) is 2.14. The smallest absolute Gasteiger partial charge is 0.263 e. The lowest BCUT2D eigenvalue weighted by Crippen LogP contribution is -2.30. The van der Waals surface area contributed by atoms with Gasteiger partial charge in [0.15, 0.2) is 6.10 Å². The van der Waals surface area contributed by atoms with E-state index in [-0.39, 0.29) is 5.91 Å². The molecule has 1 aromatic heterocycles. The first kappa shape index (κ1) is 21.0. The summed E-state index contributed by atoms with van der Waals surface area (Å²) in [7, 11) is 5.55. The maximum atomic E-state index is 12.4. The molecule has 162 valence electrons. The van der Waals surface area contributed by atoms with Crippen molar-refractivity contribution in [3.63, 3.8) is 0 Å². The van der Waals surface area contributed by atoms with Gasteiger partial charge >= 0.3 is 0 Å². The van der Waals surface area contributed by atoms with Gasteiger partial charge in [0.2, 0.25) is 0 Å². The highest BCUT2D eigenvalue weighted by atomic mass is 16.5. The number of ether oxygens (including phenoxy) is 2. The van der Waals surface area contributed by atoms with Crippen LogP contribution in [0, 0.1) is 0 Å². The number of carbonyl (C=O) groups excluding carboxylic acids is 1. The molecule has 0 N–H and O–H groups in total. The average Bonchev–Trinajstić information content (AvgIpc) is 3.40. The molecule has 2 aromatic carbocycles. The molecule has 1 unspecified atom stereocenters. The van der Waals surface area contributed by atoms with Crippen molar-refractivity contribution in [3.05, 3.63) is 72.2 Å². The van der Waals surface area contributed by atoms with Crippen LogP contribution in [0.5, 0.6) is 11.5 Å². The third kappa shape index (κ3) is 4.75. The van der Waals surface area contributed by atoms with Crippen molar-refractivity contribution in [2.24, 2.45) is 0 Å². The Morgan fingerprint density at radius 1 is 1.13 bits per heavy atom. The molecular weight excluding hydrogens is 392 g/mol. The van der Waals surface area contributed by atoms with Gasteiger partial charge in [-0.25, -0.2) is 0 Å². The molecule has 6 heteroatoms. The maximum absolute atomic E-state index is 12.4. The van der Waals surface area contributed by atoms with Gasteiger partial charge in [-0.2, -0.15) is 0 Å². The number of methoxy groups -OCH3 is 1. The summed E-state index contributed by atoms with van der Waals surface area (Å²) < 4.78 is 17.0. The van der Waals surface area contributed by atoms with Gasteiger partial charge in [0.05, 0.1) is 19.6 Å². The van der Waals surface area contributed by atoms with E-state index in [1.54, 1.807) is 24.5 Å². The molecule has 0 bridgehead atoms. The second kappa shape index (κ2) is 9.27. The molecule has 1 aliphatic rings. The maximum Gasteiger partial charge on any atom is 0.263 e. The van der Waals surface area contributed by atoms with E-state index < -0.39 is 6.10 Å². The fourth-order valence-electron chi connectivity index (χ4n) is 3.96. The lowest BCUT2D eigenvalue weighted by Gasteiger charge is -2.21. The Morgan fingerprint density at radius 3 is 2.68 bits per heavy atom. The molecule has 6 nitrogen and oxygen atoms in total. The summed E-state index contributed by atoms with van der Waals surface area (Å²) >= 11 is 0. The van der Waals surface area contributed by atoms with Crippen LogP contribution >= 0.6 is 0 Å². The number of likely N-dealkylation sites (N-methyl/N-ethyl adjacent to an activating group) is 1. The molecule has 0 saturated carbocycles. The minimum Gasteiger partial charge on any atom is -0.496 e. The first-order valence-electron chi connectivity index (χ1n) is 10.4. The molecule has 1 fully saturated rings. The molecule has 31 heavy (non-hydrogen) atoms. The lowest BCUT2D eigenvalue weighted by atomic mass is 10.0. The Labute approximate surface area is 183 Å². The normalized spacial score (nSPS) is 16.2. The quantitative estimate of drug-likeness (QED) is 0.547. The number of hydrogen-bond acceptors (Lipinski definition) is 5. The number of furan rings is 1. The first-order valence-corrected chi connectivity index (χ1v) is 10.4. The monoisotopic (exact) mass is 420 g/mol. The number of rotatable bonds is 8. The van der Waals surface area contributed by atoms with E-state index in [2.05, 4.69) is 18.0 Å². The van der Waals surface area contributed by atoms with Gasteiger partial charge in [-0.1, -0.05) is 24.3 Å². The van der Waals surface area contributed by atoms with E-state index in [1.165, 1.54) is 0 Å². The van der Waals surface area contributed by atoms with E-state index in [9.17, 15) is 4.79 Å². The Morgan fingerprint density at radius 2 is 1.97 bits per heavy atom. The minimum absolute atomic E-state index is 0.0338. The van der Waals surface area contributed by atoms with E-state index >= 15 is 0 Å². The molecule has 2 heterocycles. The summed E-state index contributed by atoms with van der Waals surface area (Å²) in [5, 5.41) is 0. The topological polar surface area (TPSA) is 55.2 Å². The Balaban J connectivity index is 1.64. The zero-order valence-corrected chi connectivity index (χ0v) is 18.2. The third-order valence-corrected chi connectivity index (χ3v) is 5.60. The van der Waals surface area contributed by atoms with Gasteiger partial charge in [-0.3, -0.25) is 9.69 Å². The van der Waals surface area contributed by atoms with Gasteiger partial charge < -0.3 is 18.8 Å². The number of amides is 1. The highest BCUT2D eigenvalue weighted by Gasteiger charge is 2.31. The van der Waals surface area contributed by atoms with E-state index in [4.69, 9.17) is 13.9 Å². The molecular formula is C25H28N2O4. The number of likely N-dealkylation sites (tertiary alicyclic amines) is 1. The van der Waals surface area contributed by atoms with Crippen molar-refractivity contribution in [1.29, 1.82) is 0 Å². The zero-order valence-electron chi connectivity index (χ0n) is 18.2. The van der Waals surface area contributed by atoms with Crippen LogP contribution in [0.25, 0.3) is 11.1 Å². The van der Waals surface area contributed by atoms with Crippen LogP contribution in [-0.4, -0.2) is 49.6 Å². The van der Waals surface area contributed by atoms with Crippen molar-refractivity contribution in [2.45, 2.75) is 25.6 Å². The highest BCUT2D eigenvalue weighted by molar-refractivity contribution is 5.83. The summed E-state index contributed by atoms with van der Waals surface area (Å²) in [6.07, 6.45) is 3.71. The largest absolute Gasteiger partial charge is 0.496 e. The SMILES string of the molecule is COc1ccccc1-c1ccc(OC2CCN(C)C2=O)c(CN(C)Cc2ccoc2)c1. The number of nitrogens with zero attached hydrogens (tertiary/aromatic N) is 2. The van der Waals surface area contributed by atoms with Crippen LogP contribution in [0.4, 0.5) is 0 Å². The van der Waals surface area contributed by atoms with E-state index in [1.807, 2.05) is 49.5 Å². The van der Waals surface area contributed by atoms with Crippen molar-refractivity contribution < 1.29 is 18.7 Å². The summed E-state index contributed by atoms with van der Waals surface area (Å²) in [6, 6.07) is 16.0. The predicted octanol–water partition coefficient (Wildman–Crippen LogP) is 4.20. The van der Waals surface area contributed by atoms with Crippen molar-refractivity contribution in [1.82, 2.24) is 9.80 Å². The Kier molecular flexibility index (Phi) is 6.28. The van der Waals surface area contributed by atoms with Crippen LogP contribution in [0.3, 0.4) is 0 Å². The highest BCUT2D eigenvalue weighted by Crippen LogP contribution is 2.34. The Hall–Kier alpha value is -3.25. The minimum atomic E-state index is -0.431. The molecule has 1 aliphatic heterocycles. The molecule has 4 rings (SSSR count). The van der Waals surface area contributed by atoms with Gasteiger partial charge in [-0.15, -0.1) is 0 Å². The second-order valence-corrected chi connectivity index (χ2v) is 7.98. The summed E-state index contributed by atoms with van der Waals surface area (Å²) in [4.78, 5) is 16.3. The average molecular weight is 421 g/mol.